The average molecular weight is 429 g/mol. The lowest BCUT2D eigenvalue weighted by atomic mass is 9.92. The summed E-state index contributed by atoms with van der Waals surface area (Å²) >= 11 is 0. The number of aryl methyl sites for hydroxylation is 2. The van der Waals surface area contributed by atoms with E-state index in [9.17, 15) is 21.6 Å². The topological polar surface area (TPSA) is 98.3 Å². The van der Waals surface area contributed by atoms with Crippen molar-refractivity contribution in [3.8, 4) is 0 Å². The molecule has 0 amide bonds. The van der Waals surface area contributed by atoms with Gasteiger partial charge in [-0.05, 0) is 31.4 Å². The van der Waals surface area contributed by atoms with Crippen molar-refractivity contribution in [3.63, 3.8) is 0 Å². The van der Waals surface area contributed by atoms with E-state index in [0.717, 1.165) is 28.8 Å². The number of hydrogen-bond acceptors (Lipinski definition) is 6. The zero-order valence-corrected chi connectivity index (χ0v) is 16.4. The van der Waals surface area contributed by atoms with Gasteiger partial charge in [0.25, 0.3) is 0 Å². The van der Waals surface area contributed by atoms with Gasteiger partial charge in [-0.1, -0.05) is 0 Å². The Bertz CT molecular complexity index is 1160. The molecule has 0 spiro atoms. The first-order valence-corrected chi connectivity index (χ1v) is 10.3. The lowest BCUT2D eigenvalue weighted by Crippen LogP contribution is -2.39. The average Bonchev–Trinajstić information content (AvgIpc) is 3.27. The summed E-state index contributed by atoms with van der Waals surface area (Å²) in [6, 6.07) is 1.85. The van der Waals surface area contributed by atoms with Crippen LogP contribution in [0.3, 0.4) is 0 Å². The first-order chi connectivity index (χ1) is 13.6. The zero-order chi connectivity index (χ0) is 21.0. The Kier molecular flexibility index (Phi) is 4.61. The number of hydrogen-bond donors (Lipinski definition) is 0. The fourth-order valence-corrected chi connectivity index (χ4v) is 5.35. The minimum Gasteiger partial charge on any atom is -0.262 e. The third-order valence-corrected chi connectivity index (χ3v) is 7.04. The van der Waals surface area contributed by atoms with Gasteiger partial charge >= 0.3 is 6.18 Å². The Labute approximate surface area is 164 Å². The Hall–Kier alpha value is -2.54. The largest absolute Gasteiger partial charge is 0.434 e. The highest BCUT2D eigenvalue weighted by atomic mass is 32.2. The monoisotopic (exact) mass is 429 g/mol. The maximum absolute atomic E-state index is 13.3. The van der Waals surface area contributed by atoms with Crippen LogP contribution in [-0.4, -0.2) is 55.4 Å². The molecule has 4 rings (SSSR count). The van der Waals surface area contributed by atoms with Gasteiger partial charge in [-0.15, -0.1) is 9.73 Å². The van der Waals surface area contributed by atoms with Crippen LogP contribution in [0.15, 0.2) is 23.5 Å². The van der Waals surface area contributed by atoms with Crippen LogP contribution in [0.2, 0.25) is 0 Å². The van der Waals surface area contributed by atoms with Crippen LogP contribution in [0.25, 0.3) is 5.65 Å². The molecule has 0 bridgehead atoms. The highest BCUT2D eigenvalue weighted by Gasteiger charge is 2.43. The summed E-state index contributed by atoms with van der Waals surface area (Å²) in [7, 11) is -3.24. The van der Waals surface area contributed by atoms with E-state index in [0.29, 0.717) is 23.2 Å². The third kappa shape index (κ3) is 3.37. The molecule has 3 aromatic heterocycles. The van der Waals surface area contributed by atoms with E-state index in [2.05, 4.69) is 20.3 Å². The van der Waals surface area contributed by atoms with Gasteiger partial charge in [-0.25, -0.2) is 13.4 Å². The first-order valence-electron chi connectivity index (χ1n) is 8.86. The predicted octanol–water partition coefficient (Wildman–Crippen LogP) is 1.75. The van der Waals surface area contributed by atoms with E-state index in [1.165, 1.54) is 11.0 Å². The second-order valence-electron chi connectivity index (χ2n) is 6.98. The number of aromatic nitrogens is 6. The van der Waals surface area contributed by atoms with E-state index < -0.39 is 26.8 Å². The van der Waals surface area contributed by atoms with E-state index in [-0.39, 0.29) is 19.0 Å². The second kappa shape index (κ2) is 6.76. The Balaban J connectivity index is 1.57. The predicted molar refractivity (Wildman–Crippen MR) is 94.5 cm³/mol. The van der Waals surface area contributed by atoms with Crippen LogP contribution in [0.5, 0.6) is 0 Å². The fraction of sp³-hybridized carbons (Fsp3) is 0.500. The van der Waals surface area contributed by atoms with Crippen molar-refractivity contribution < 1.29 is 21.6 Å². The van der Waals surface area contributed by atoms with Crippen LogP contribution in [0, 0.1) is 6.92 Å². The van der Waals surface area contributed by atoms with Crippen molar-refractivity contribution in [2.75, 3.05) is 13.1 Å². The lowest BCUT2D eigenvalue weighted by Gasteiger charge is -2.31. The van der Waals surface area contributed by atoms with E-state index in [1.54, 1.807) is 0 Å². The molecule has 1 saturated heterocycles. The Morgan fingerprint density at radius 1 is 1.17 bits per heavy atom. The minimum absolute atomic E-state index is 0.0222. The summed E-state index contributed by atoms with van der Waals surface area (Å²) < 4.78 is 68.7. The highest BCUT2D eigenvalue weighted by molar-refractivity contribution is 7.89. The maximum Gasteiger partial charge on any atom is 0.434 e. The van der Waals surface area contributed by atoms with Crippen LogP contribution < -0.4 is 0 Å². The molecule has 0 radical (unpaired) electrons. The van der Waals surface area contributed by atoms with Crippen LogP contribution >= 0.6 is 0 Å². The molecule has 1 aliphatic heterocycles. The molecule has 0 aliphatic carbocycles. The van der Waals surface area contributed by atoms with Crippen molar-refractivity contribution in [2.45, 2.75) is 36.8 Å². The van der Waals surface area contributed by atoms with E-state index in [1.807, 2.05) is 13.0 Å². The number of nitrogens with zero attached hydrogens (tertiary/aromatic N) is 7. The maximum atomic E-state index is 13.3. The molecule has 29 heavy (non-hydrogen) atoms. The SMILES string of the molecule is Cc1cc2ncnn2nc1C1CCN(S(=O)(=O)c2cnn(C)c2C(F)(F)F)CC1. The second-order valence-corrected chi connectivity index (χ2v) is 8.88. The summed E-state index contributed by atoms with van der Waals surface area (Å²) in [5.41, 5.74) is 1.05. The minimum atomic E-state index is -4.82. The molecule has 4 heterocycles. The summed E-state index contributed by atoms with van der Waals surface area (Å²) in [4.78, 5) is 3.26. The molecule has 0 saturated carbocycles. The Morgan fingerprint density at radius 2 is 1.86 bits per heavy atom. The number of sulfonamides is 1. The molecule has 0 N–H and O–H groups in total. The lowest BCUT2D eigenvalue weighted by molar-refractivity contribution is -0.146. The Morgan fingerprint density at radius 3 is 2.52 bits per heavy atom. The van der Waals surface area contributed by atoms with E-state index in [4.69, 9.17) is 0 Å². The molecule has 3 aromatic rings. The molecule has 0 atom stereocenters. The van der Waals surface area contributed by atoms with Gasteiger partial charge in [0.15, 0.2) is 11.3 Å². The molecule has 1 aliphatic rings. The number of piperidine rings is 1. The molecular weight excluding hydrogens is 411 g/mol. The fourth-order valence-electron chi connectivity index (χ4n) is 3.71. The molecule has 1 fully saturated rings. The van der Waals surface area contributed by atoms with Gasteiger partial charge in [0.05, 0.1) is 11.9 Å². The summed E-state index contributed by atoms with van der Waals surface area (Å²) in [5.74, 6) is -0.0222. The number of rotatable bonds is 3. The van der Waals surface area contributed by atoms with Gasteiger partial charge in [0, 0.05) is 26.1 Å². The van der Waals surface area contributed by atoms with Crippen LogP contribution in [-0.2, 0) is 23.2 Å². The van der Waals surface area contributed by atoms with Gasteiger partial charge < -0.3 is 0 Å². The molecule has 9 nitrogen and oxygen atoms in total. The normalized spacial score (nSPS) is 17.3. The van der Waals surface area contributed by atoms with Gasteiger partial charge in [-0.3, -0.25) is 4.68 Å². The summed E-state index contributed by atoms with van der Waals surface area (Å²) in [5, 5.41) is 12.0. The van der Waals surface area contributed by atoms with Crippen LogP contribution in [0.1, 0.15) is 35.7 Å². The molecular formula is C16H18F3N7O2S. The summed E-state index contributed by atoms with van der Waals surface area (Å²) in [6.07, 6.45) is -1.79. The zero-order valence-electron chi connectivity index (χ0n) is 15.6. The van der Waals surface area contributed by atoms with Crippen molar-refractivity contribution in [3.05, 3.63) is 35.5 Å². The molecule has 0 unspecified atom stereocenters. The summed E-state index contributed by atoms with van der Waals surface area (Å²) in [6.45, 7) is 2.08. The highest BCUT2D eigenvalue weighted by Crippen LogP contribution is 2.37. The van der Waals surface area contributed by atoms with Crippen molar-refractivity contribution in [1.82, 2.24) is 33.9 Å². The smallest absolute Gasteiger partial charge is 0.262 e. The van der Waals surface area contributed by atoms with Crippen LogP contribution in [0.4, 0.5) is 13.2 Å². The molecule has 0 aromatic carbocycles. The van der Waals surface area contributed by atoms with Crippen molar-refractivity contribution >= 4 is 15.7 Å². The standard InChI is InChI=1S/C16H18F3N7O2S/c1-10-7-13-20-9-22-26(13)23-14(10)11-3-5-25(6-4-11)29(27,28)12-8-21-24(2)15(12)16(17,18)19/h7-9,11H,3-6H2,1-2H3. The number of halogens is 3. The van der Waals surface area contributed by atoms with Gasteiger partial charge in [0.2, 0.25) is 10.0 Å². The van der Waals surface area contributed by atoms with Gasteiger partial charge in [0.1, 0.15) is 11.2 Å². The number of fused-ring (bicyclic) bond motifs is 1. The van der Waals surface area contributed by atoms with Crippen molar-refractivity contribution in [1.29, 1.82) is 0 Å². The first kappa shape index (κ1) is 19.8. The number of alkyl halides is 3. The third-order valence-electron chi connectivity index (χ3n) is 5.14. The van der Waals surface area contributed by atoms with Crippen molar-refractivity contribution in [2.24, 2.45) is 7.05 Å². The van der Waals surface area contributed by atoms with E-state index >= 15 is 0 Å². The quantitative estimate of drug-likeness (QED) is 0.629. The molecule has 156 valence electrons. The molecule has 13 heteroatoms. The van der Waals surface area contributed by atoms with Gasteiger partial charge in [-0.2, -0.15) is 27.7 Å².